The van der Waals surface area contributed by atoms with Gasteiger partial charge in [-0.25, -0.2) is 16.8 Å². The zero-order valence-electron chi connectivity index (χ0n) is 38.2. The van der Waals surface area contributed by atoms with Gasteiger partial charge < -0.3 is 14.0 Å². The van der Waals surface area contributed by atoms with Crippen molar-refractivity contribution in [3.05, 3.63) is 155 Å². The van der Waals surface area contributed by atoms with E-state index >= 15 is 0 Å². The highest BCUT2D eigenvalue weighted by molar-refractivity contribution is 7.90. The summed E-state index contributed by atoms with van der Waals surface area (Å²) in [6, 6.07) is 30.5. The largest absolute Gasteiger partial charge is 0.748 e. The zero-order valence-corrected chi connectivity index (χ0v) is 40.6. The van der Waals surface area contributed by atoms with E-state index in [2.05, 4.69) is 0 Å². The second-order valence-electron chi connectivity index (χ2n) is 18.4. The van der Waals surface area contributed by atoms with Gasteiger partial charge in [0.05, 0.1) is 31.3 Å². The first-order valence-corrected chi connectivity index (χ1v) is 26.8. The Balaban J connectivity index is 1.32. The van der Waals surface area contributed by atoms with E-state index in [0.29, 0.717) is 37.1 Å². The molecule has 0 radical (unpaired) electrons. The Labute approximate surface area is 395 Å². The number of benzene rings is 5. The summed E-state index contributed by atoms with van der Waals surface area (Å²) in [4.78, 5) is 2.03. The molecular formula is C51H51F3N3O8S3-. The van der Waals surface area contributed by atoms with Gasteiger partial charge in [0, 0.05) is 77.2 Å². The zero-order chi connectivity index (χ0) is 49.2. The lowest BCUT2D eigenvalue weighted by molar-refractivity contribution is -0.438. The first-order valence-electron chi connectivity index (χ1n) is 22.2. The number of rotatable bonds is 15. The van der Waals surface area contributed by atoms with Gasteiger partial charge in [-0.1, -0.05) is 98.8 Å². The third kappa shape index (κ3) is 8.94. The molecule has 8 rings (SSSR count). The van der Waals surface area contributed by atoms with Crippen LogP contribution in [0.15, 0.2) is 133 Å². The topological polar surface area (TPSA) is 158 Å². The number of hydrogen-bond donors (Lipinski definition) is 0. The van der Waals surface area contributed by atoms with Crippen LogP contribution in [-0.4, -0.2) is 86.1 Å². The van der Waals surface area contributed by atoms with Gasteiger partial charge >= 0.3 is 15.5 Å². The van der Waals surface area contributed by atoms with E-state index in [1.54, 1.807) is 48.6 Å². The predicted molar refractivity (Wildman–Crippen MR) is 260 cm³/mol. The van der Waals surface area contributed by atoms with Gasteiger partial charge in [-0.15, -0.1) is 0 Å². The molecule has 68 heavy (non-hydrogen) atoms. The molecule has 0 aromatic heterocycles. The van der Waals surface area contributed by atoms with Crippen molar-refractivity contribution in [3.8, 4) is 0 Å². The number of hydrogen-bond acceptors (Lipinski definition) is 9. The van der Waals surface area contributed by atoms with Crippen LogP contribution in [-0.2, 0) is 41.1 Å². The highest BCUT2D eigenvalue weighted by atomic mass is 32.2. The van der Waals surface area contributed by atoms with Gasteiger partial charge in [0.1, 0.15) is 6.54 Å². The summed E-state index contributed by atoms with van der Waals surface area (Å²) in [5.74, 6) is -1.08. The molecule has 3 aliphatic rings. The molecule has 11 nitrogen and oxygen atoms in total. The molecule has 0 N–H and O–H groups in total. The highest BCUT2D eigenvalue weighted by Crippen LogP contribution is 2.52. The first kappa shape index (κ1) is 48.9. The van der Waals surface area contributed by atoms with Crippen molar-refractivity contribution in [1.29, 1.82) is 0 Å². The van der Waals surface area contributed by atoms with E-state index in [9.17, 15) is 47.5 Å². The molecule has 0 atom stereocenters. The molecule has 5 aromatic rings. The summed E-state index contributed by atoms with van der Waals surface area (Å²) in [5.41, 5.74) is -0.872. The second kappa shape index (κ2) is 17.7. The number of unbranched alkanes of at least 4 members (excludes halogenated alkanes) is 2. The summed E-state index contributed by atoms with van der Waals surface area (Å²) in [6.07, 6.45) is 7.72. The monoisotopic (exact) mass is 986 g/mol. The maximum Gasteiger partial charge on any atom is 0.516 e. The Morgan fingerprint density at radius 3 is 1.84 bits per heavy atom. The number of anilines is 1. The van der Waals surface area contributed by atoms with Crippen LogP contribution >= 0.6 is 0 Å². The third-order valence-electron chi connectivity index (χ3n) is 13.4. The lowest BCUT2D eigenvalue weighted by Crippen LogP contribution is -2.37. The van der Waals surface area contributed by atoms with Crippen molar-refractivity contribution in [2.75, 3.05) is 36.5 Å². The minimum atomic E-state index is -5.97. The molecule has 2 heterocycles. The molecule has 0 spiro atoms. The van der Waals surface area contributed by atoms with Crippen molar-refractivity contribution in [3.63, 3.8) is 0 Å². The van der Waals surface area contributed by atoms with Gasteiger partial charge in [-0.05, 0) is 95.6 Å². The summed E-state index contributed by atoms with van der Waals surface area (Å²) >= 11 is 0. The van der Waals surface area contributed by atoms with Crippen molar-refractivity contribution >= 4 is 80.0 Å². The Bertz CT molecular complexity index is 3390. The molecule has 5 aromatic carbocycles. The average Bonchev–Trinajstić information content (AvgIpc) is 3.78. The number of allylic oxidation sites excluding steroid dienone is 7. The molecule has 0 amide bonds. The Morgan fingerprint density at radius 2 is 1.22 bits per heavy atom. The van der Waals surface area contributed by atoms with Gasteiger partial charge in [-0.2, -0.15) is 26.2 Å². The molecule has 0 unspecified atom stereocenters. The minimum Gasteiger partial charge on any atom is -0.748 e. The van der Waals surface area contributed by atoms with Crippen LogP contribution in [0.5, 0.6) is 0 Å². The summed E-state index contributed by atoms with van der Waals surface area (Å²) in [5, 5.41) is 3.91. The van der Waals surface area contributed by atoms with Crippen LogP contribution in [0.4, 0.5) is 24.5 Å². The van der Waals surface area contributed by atoms with E-state index in [-0.39, 0.29) is 34.0 Å². The number of alkyl halides is 3. The number of nitrogens with zero attached hydrogens (tertiary/aromatic N) is 3. The predicted octanol–water partition coefficient (Wildman–Crippen LogP) is 9.85. The van der Waals surface area contributed by atoms with Crippen LogP contribution in [0, 0.1) is 0 Å². The molecule has 1 aliphatic carbocycles. The lowest BCUT2D eigenvalue weighted by atomic mass is 9.79. The first-order chi connectivity index (χ1) is 31.8. The SMILES string of the molecule is CN(C1=C(/C=C/C2=[N+](CCCCS(=O)(=O)[O-])c3ccc4ccccc4c3C2(C)C)c2ccccc2/C1=C\C=C1\N(CCCCS(=O)(=O)[O-])c2ccc3ccccc3c2C1(C)C)S(=O)(=O)C(F)(F)F. The highest BCUT2D eigenvalue weighted by Gasteiger charge is 2.51. The van der Waals surface area contributed by atoms with E-state index in [1.165, 1.54) is 0 Å². The molecule has 0 fully saturated rings. The van der Waals surface area contributed by atoms with Gasteiger partial charge in [0.2, 0.25) is 5.69 Å². The Hall–Kier alpha value is -5.59. The van der Waals surface area contributed by atoms with Crippen LogP contribution < -0.4 is 4.90 Å². The second-order valence-corrected chi connectivity index (χ2v) is 23.4. The maximum absolute atomic E-state index is 14.7. The molecule has 0 saturated heterocycles. The number of likely N-dealkylation sites (N-methyl/N-ethyl adjacent to an activating group) is 1. The summed E-state index contributed by atoms with van der Waals surface area (Å²) in [6.45, 7) is 8.70. The van der Waals surface area contributed by atoms with E-state index in [0.717, 1.165) is 62.5 Å². The molecular weight excluding hydrogens is 936 g/mol. The van der Waals surface area contributed by atoms with Crippen molar-refractivity contribution in [2.24, 2.45) is 0 Å². The van der Waals surface area contributed by atoms with Gasteiger partial charge in [-0.3, -0.25) is 4.31 Å². The fourth-order valence-electron chi connectivity index (χ4n) is 10.3. The molecule has 358 valence electrons. The summed E-state index contributed by atoms with van der Waals surface area (Å²) < 4.78 is 143. The van der Waals surface area contributed by atoms with Crippen LogP contribution in [0.2, 0.25) is 0 Å². The minimum absolute atomic E-state index is 0.104. The number of sulfonamides is 1. The molecule has 2 aliphatic heterocycles. The van der Waals surface area contributed by atoms with E-state index in [4.69, 9.17) is 0 Å². The Morgan fingerprint density at radius 1 is 0.662 bits per heavy atom. The van der Waals surface area contributed by atoms with Crippen molar-refractivity contribution in [1.82, 2.24) is 4.31 Å². The van der Waals surface area contributed by atoms with Gasteiger partial charge in [0.15, 0.2) is 5.71 Å². The maximum atomic E-state index is 14.7. The normalized spacial score (nSPS) is 18.2. The van der Waals surface area contributed by atoms with Crippen LogP contribution in [0.25, 0.3) is 32.7 Å². The van der Waals surface area contributed by atoms with Crippen molar-refractivity contribution < 1.29 is 52.1 Å². The number of fused-ring (bicyclic) bond motifs is 7. The fourth-order valence-corrected chi connectivity index (χ4v) is 12.1. The van der Waals surface area contributed by atoms with Gasteiger partial charge in [0.25, 0.3) is 0 Å². The fraction of sp³-hybridized carbons (Fsp3) is 0.314. The van der Waals surface area contributed by atoms with E-state index < -0.39 is 58.1 Å². The van der Waals surface area contributed by atoms with Crippen LogP contribution in [0.3, 0.4) is 0 Å². The van der Waals surface area contributed by atoms with Crippen LogP contribution in [0.1, 0.15) is 75.6 Å². The Kier molecular flexibility index (Phi) is 12.7. The molecule has 0 saturated carbocycles. The molecule has 0 bridgehead atoms. The smallest absolute Gasteiger partial charge is 0.516 e. The van der Waals surface area contributed by atoms with E-state index in [1.807, 2.05) is 110 Å². The summed E-state index contributed by atoms with van der Waals surface area (Å²) in [7, 11) is -14.0. The average molecular weight is 987 g/mol. The lowest BCUT2D eigenvalue weighted by Gasteiger charge is -2.28. The number of halogens is 3. The quantitative estimate of drug-likeness (QED) is 0.0566. The standard InChI is InChI=1S/C51H52F3N3O8S3/c1-49(2)44(56(30-12-14-32-66(58,59)60)42-26-22-34-16-6-8-18-36(34)46(42)49)28-24-40-38-20-10-11-21-39(38)41(48(40)55(5)68(64,65)51(52,53)54)25-29-45-50(3,4)47-37-19-9-7-17-35(37)23-27-43(47)57(45)31-13-15-33-67(61,62)63/h6-11,16-29H,12-15,30-33H2,1-5H3,(H-,58,59,60,61,62,63)/p-1. The molecule has 17 heteroatoms. The van der Waals surface area contributed by atoms with Crippen molar-refractivity contribution in [2.45, 2.75) is 69.7 Å². The third-order valence-corrected chi connectivity index (χ3v) is 16.4.